The molecule has 0 unspecified atom stereocenters. The minimum Gasteiger partial charge on any atom is -0.465 e. The van der Waals surface area contributed by atoms with Crippen molar-refractivity contribution in [1.82, 2.24) is 0 Å². The third-order valence-electron chi connectivity index (χ3n) is 3.97. The van der Waals surface area contributed by atoms with E-state index in [4.69, 9.17) is 14.4 Å². The second-order valence-corrected chi connectivity index (χ2v) is 5.98. The van der Waals surface area contributed by atoms with E-state index in [0.717, 1.165) is 0 Å². The van der Waals surface area contributed by atoms with Crippen molar-refractivity contribution >= 4 is 30.6 Å². The molecule has 6 nitrogen and oxygen atoms in total. The minimum absolute atomic E-state index is 0.324. The van der Waals surface area contributed by atoms with E-state index in [9.17, 15) is 9.59 Å². The third kappa shape index (κ3) is 2.93. The van der Waals surface area contributed by atoms with Crippen LogP contribution in [0.1, 0.15) is 38.1 Å². The molecule has 0 bridgehead atoms. The van der Waals surface area contributed by atoms with Crippen molar-refractivity contribution in [2.75, 3.05) is 5.32 Å². The lowest BCUT2D eigenvalue weighted by atomic mass is 9.76. The molecule has 1 saturated heterocycles. The van der Waals surface area contributed by atoms with E-state index in [0.29, 0.717) is 23.0 Å². The first kappa shape index (κ1) is 15.5. The topological polar surface area (TPSA) is 84.9 Å². The number of carbonyl (C=O) groups excluding carboxylic acids is 1. The number of amides is 1. The number of carboxylic acid groups (broad SMARTS) is 1. The smallest absolute Gasteiger partial charge is 0.465 e. The van der Waals surface area contributed by atoms with Crippen LogP contribution >= 0.6 is 0 Å². The Morgan fingerprint density at radius 2 is 1.81 bits per heavy atom. The van der Waals surface area contributed by atoms with Gasteiger partial charge < -0.3 is 14.4 Å². The van der Waals surface area contributed by atoms with E-state index in [1.807, 2.05) is 27.7 Å². The number of carbonyl (C=O) groups is 2. The van der Waals surface area contributed by atoms with E-state index in [1.54, 1.807) is 12.1 Å². The highest BCUT2D eigenvalue weighted by atomic mass is 16.7. The molecule has 1 fully saturated rings. The zero-order valence-electron chi connectivity index (χ0n) is 12.5. The van der Waals surface area contributed by atoms with Crippen molar-refractivity contribution < 1.29 is 24.0 Å². The van der Waals surface area contributed by atoms with Crippen molar-refractivity contribution in [3.63, 3.8) is 0 Å². The maximum absolute atomic E-state index is 11.3. The molecule has 1 heterocycles. The van der Waals surface area contributed by atoms with E-state index in [1.165, 1.54) is 6.07 Å². The van der Waals surface area contributed by atoms with Gasteiger partial charge in [0.25, 0.3) is 0 Å². The average Bonchev–Trinajstić information content (AvgIpc) is 2.57. The largest absolute Gasteiger partial charge is 0.495 e. The quantitative estimate of drug-likeness (QED) is 0.656. The molecule has 0 spiro atoms. The van der Waals surface area contributed by atoms with Gasteiger partial charge in [-0.25, -0.2) is 4.79 Å². The summed E-state index contributed by atoms with van der Waals surface area (Å²) in [4.78, 5) is 21.9. The van der Waals surface area contributed by atoms with Crippen LogP contribution in [0.2, 0.25) is 0 Å². The van der Waals surface area contributed by atoms with Crippen LogP contribution in [-0.4, -0.2) is 35.8 Å². The summed E-state index contributed by atoms with van der Waals surface area (Å²) in [6.45, 7) is 7.70. The summed E-state index contributed by atoms with van der Waals surface area (Å²) in [6.07, 6.45) is -0.525. The number of rotatable bonds is 3. The van der Waals surface area contributed by atoms with Gasteiger partial charge in [0, 0.05) is 11.3 Å². The average molecular weight is 291 g/mol. The van der Waals surface area contributed by atoms with E-state index in [2.05, 4.69) is 5.32 Å². The van der Waals surface area contributed by atoms with E-state index >= 15 is 0 Å². The van der Waals surface area contributed by atoms with Gasteiger partial charge in [0.05, 0.1) is 11.2 Å². The lowest BCUT2D eigenvalue weighted by Gasteiger charge is -2.32. The minimum atomic E-state index is -1.18. The molecule has 2 N–H and O–H groups in total. The van der Waals surface area contributed by atoms with Crippen LogP contribution < -0.4 is 10.8 Å². The summed E-state index contributed by atoms with van der Waals surface area (Å²) >= 11 is 0. The number of anilines is 1. The van der Waals surface area contributed by atoms with Gasteiger partial charge in [-0.1, -0.05) is 6.07 Å². The molecule has 21 heavy (non-hydrogen) atoms. The van der Waals surface area contributed by atoms with E-state index in [-0.39, 0.29) is 0 Å². The summed E-state index contributed by atoms with van der Waals surface area (Å²) in [5, 5.41) is 10.9. The summed E-state index contributed by atoms with van der Waals surface area (Å²) in [7, 11) is -0.658. The Labute approximate surface area is 123 Å². The molecule has 1 aliphatic heterocycles. The molecular formula is C14H18BNO5. The zero-order valence-corrected chi connectivity index (χ0v) is 12.5. The highest BCUT2D eigenvalue weighted by Gasteiger charge is 2.52. The lowest BCUT2D eigenvalue weighted by molar-refractivity contribution is 0.00578. The van der Waals surface area contributed by atoms with Gasteiger partial charge in [0.1, 0.15) is 6.29 Å². The summed E-state index contributed by atoms with van der Waals surface area (Å²) in [5.41, 5.74) is 0.232. The van der Waals surface area contributed by atoms with Crippen molar-refractivity contribution in [2.45, 2.75) is 38.9 Å². The Hall–Kier alpha value is -1.86. The Balaban J connectivity index is 2.33. The number of benzene rings is 1. The molecule has 7 heteroatoms. The predicted molar refractivity (Wildman–Crippen MR) is 79.2 cm³/mol. The highest BCUT2D eigenvalue weighted by Crippen LogP contribution is 2.36. The number of hydrogen-bond donors (Lipinski definition) is 2. The normalized spacial score (nSPS) is 19.3. The molecule has 0 aromatic heterocycles. The molecule has 2 rings (SSSR count). The lowest BCUT2D eigenvalue weighted by Crippen LogP contribution is -2.41. The summed E-state index contributed by atoms with van der Waals surface area (Å²) < 4.78 is 11.8. The second-order valence-electron chi connectivity index (χ2n) is 5.98. The molecule has 0 saturated carbocycles. The standard InChI is InChI=1S/C14H18BNO5/c1-13(2)14(3,4)21-15(20-13)11-6-5-10(16-12(18)19)7-9(11)8-17/h5-8,16H,1-4H3,(H,18,19). The van der Waals surface area contributed by atoms with Crippen molar-refractivity contribution in [2.24, 2.45) is 0 Å². The molecule has 0 radical (unpaired) electrons. The van der Waals surface area contributed by atoms with Crippen LogP contribution in [0.15, 0.2) is 18.2 Å². The first-order chi connectivity index (χ1) is 9.66. The first-order valence-corrected chi connectivity index (χ1v) is 6.61. The maximum Gasteiger partial charge on any atom is 0.495 e. The van der Waals surface area contributed by atoms with Crippen LogP contribution in [0.25, 0.3) is 0 Å². The maximum atomic E-state index is 11.3. The third-order valence-corrected chi connectivity index (χ3v) is 3.97. The van der Waals surface area contributed by atoms with Gasteiger partial charge in [0.2, 0.25) is 0 Å². The molecule has 0 atom stereocenters. The van der Waals surface area contributed by atoms with Gasteiger partial charge in [-0.05, 0) is 45.3 Å². The summed E-state index contributed by atoms with van der Waals surface area (Å²) in [5.74, 6) is 0. The van der Waals surface area contributed by atoms with Crippen LogP contribution in [-0.2, 0) is 9.31 Å². The van der Waals surface area contributed by atoms with Gasteiger partial charge >= 0.3 is 13.2 Å². The predicted octanol–water partition coefficient (Wildman–Crippen LogP) is 1.89. The molecule has 1 amide bonds. The second kappa shape index (κ2) is 5.16. The molecule has 1 aliphatic rings. The number of nitrogens with one attached hydrogen (secondary N) is 1. The highest BCUT2D eigenvalue weighted by molar-refractivity contribution is 6.63. The Morgan fingerprint density at radius 1 is 1.24 bits per heavy atom. The van der Waals surface area contributed by atoms with Crippen LogP contribution in [0, 0.1) is 0 Å². The van der Waals surface area contributed by atoms with Crippen LogP contribution in [0.5, 0.6) is 0 Å². The fourth-order valence-electron chi connectivity index (χ4n) is 2.06. The van der Waals surface area contributed by atoms with Gasteiger partial charge in [-0.3, -0.25) is 10.1 Å². The van der Waals surface area contributed by atoms with Crippen molar-refractivity contribution in [1.29, 1.82) is 0 Å². The summed E-state index contributed by atoms with van der Waals surface area (Å²) in [6, 6.07) is 4.67. The van der Waals surface area contributed by atoms with Gasteiger partial charge in [0.15, 0.2) is 0 Å². The Bertz CT molecular complexity index is 569. The Morgan fingerprint density at radius 3 is 2.29 bits per heavy atom. The SMILES string of the molecule is CC1(C)OB(c2ccc(NC(=O)O)cc2C=O)OC1(C)C. The molecule has 0 aliphatic carbocycles. The molecule has 1 aromatic carbocycles. The zero-order chi connectivity index (χ0) is 15.8. The van der Waals surface area contributed by atoms with Crippen LogP contribution in [0.3, 0.4) is 0 Å². The molecule has 1 aromatic rings. The van der Waals surface area contributed by atoms with Crippen molar-refractivity contribution in [3.8, 4) is 0 Å². The molecule has 112 valence electrons. The Kier molecular flexibility index (Phi) is 3.82. The van der Waals surface area contributed by atoms with E-state index < -0.39 is 24.4 Å². The fourth-order valence-corrected chi connectivity index (χ4v) is 2.06. The molecular weight excluding hydrogens is 273 g/mol. The monoisotopic (exact) mass is 291 g/mol. The van der Waals surface area contributed by atoms with Crippen LogP contribution in [0.4, 0.5) is 10.5 Å². The number of hydrogen-bond acceptors (Lipinski definition) is 4. The van der Waals surface area contributed by atoms with Gasteiger partial charge in [-0.2, -0.15) is 0 Å². The van der Waals surface area contributed by atoms with Gasteiger partial charge in [-0.15, -0.1) is 0 Å². The first-order valence-electron chi connectivity index (χ1n) is 6.61. The van der Waals surface area contributed by atoms with Crippen molar-refractivity contribution in [3.05, 3.63) is 23.8 Å². The fraction of sp³-hybridized carbons (Fsp3) is 0.429. The number of aldehydes is 1.